The van der Waals surface area contributed by atoms with Gasteiger partial charge in [-0.15, -0.1) is 0 Å². The first-order valence-corrected chi connectivity index (χ1v) is 10.7. The fourth-order valence-corrected chi connectivity index (χ4v) is 2.68. The van der Waals surface area contributed by atoms with Crippen LogP contribution in [0, 0.1) is 0 Å². The highest BCUT2D eigenvalue weighted by atomic mass is 16.8. The lowest BCUT2D eigenvalue weighted by Crippen LogP contribution is -2.34. The van der Waals surface area contributed by atoms with E-state index in [0.717, 1.165) is 11.1 Å². The third kappa shape index (κ3) is 10.2. The van der Waals surface area contributed by atoms with E-state index in [1.165, 1.54) is 14.2 Å². The van der Waals surface area contributed by atoms with Crippen molar-refractivity contribution in [1.29, 1.82) is 0 Å². The maximum absolute atomic E-state index is 11.3. The van der Waals surface area contributed by atoms with E-state index in [4.69, 9.17) is 18.9 Å². The largest absolute Gasteiger partial charge is 0.534 e. The van der Waals surface area contributed by atoms with Gasteiger partial charge in [-0.3, -0.25) is 14.4 Å². The number of carbonyl (C=O) groups excluding carboxylic acids is 4. The molecular formula is C24H28N2O9. The zero-order chi connectivity index (χ0) is 25.5. The van der Waals surface area contributed by atoms with Crippen LogP contribution >= 0.6 is 0 Å². The second-order valence-corrected chi connectivity index (χ2v) is 7.04. The number of amides is 3. The topological polar surface area (TPSA) is 130 Å². The molecule has 1 saturated heterocycles. The molecular weight excluding hydrogens is 460 g/mol. The first-order chi connectivity index (χ1) is 16.9. The van der Waals surface area contributed by atoms with Crippen LogP contribution < -0.4 is 5.32 Å². The van der Waals surface area contributed by atoms with Crippen molar-refractivity contribution in [2.75, 3.05) is 20.8 Å². The first-order valence-electron chi connectivity index (χ1n) is 10.7. The summed E-state index contributed by atoms with van der Waals surface area (Å²) in [5.41, 5.74) is 1.73. The quantitative estimate of drug-likeness (QED) is 0.322. The zero-order valence-electron chi connectivity index (χ0n) is 19.5. The molecule has 0 radical (unpaired) electrons. The van der Waals surface area contributed by atoms with Crippen molar-refractivity contribution in [3.05, 3.63) is 71.8 Å². The molecule has 3 rings (SSSR count). The van der Waals surface area contributed by atoms with E-state index >= 15 is 0 Å². The Labute approximate surface area is 202 Å². The molecule has 0 atom stereocenters. The Bertz CT molecular complexity index is 934. The van der Waals surface area contributed by atoms with Crippen molar-refractivity contribution < 1.29 is 43.0 Å². The summed E-state index contributed by atoms with van der Waals surface area (Å²) >= 11 is 0. The van der Waals surface area contributed by atoms with Gasteiger partial charge in [-0.2, -0.15) is 0 Å². The van der Waals surface area contributed by atoms with Gasteiger partial charge in [-0.05, 0) is 11.1 Å². The molecule has 0 unspecified atom stereocenters. The number of nitrogens with one attached hydrogen (secondary N) is 1. The summed E-state index contributed by atoms with van der Waals surface area (Å²) in [6.07, 6.45) is -1.90. The summed E-state index contributed by atoms with van der Waals surface area (Å²) in [6.45, 7) is 0.522. The van der Waals surface area contributed by atoms with Gasteiger partial charge in [-0.25, -0.2) is 9.59 Å². The van der Waals surface area contributed by atoms with Gasteiger partial charge < -0.3 is 24.3 Å². The summed E-state index contributed by atoms with van der Waals surface area (Å²) in [6, 6.07) is 18.5. The number of hydroxylamine groups is 2. The average Bonchev–Trinajstić information content (AvgIpc) is 3.20. The third-order valence-electron chi connectivity index (χ3n) is 4.52. The molecule has 188 valence electrons. The van der Waals surface area contributed by atoms with E-state index in [1.807, 2.05) is 36.4 Å². The van der Waals surface area contributed by atoms with Crippen LogP contribution in [-0.2, 0) is 46.6 Å². The molecule has 1 aliphatic rings. The molecule has 0 aliphatic carbocycles. The summed E-state index contributed by atoms with van der Waals surface area (Å²) in [7, 11) is 3.01. The number of hydrogen-bond acceptors (Lipinski definition) is 9. The van der Waals surface area contributed by atoms with Crippen LogP contribution in [0.1, 0.15) is 24.0 Å². The summed E-state index contributed by atoms with van der Waals surface area (Å²) in [5.74, 6) is -1.06. The zero-order valence-corrected chi connectivity index (χ0v) is 19.5. The summed E-state index contributed by atoms with van der Waals surface area (Å²) in [5, 5.41) is 3.00. The van der Waals surface area contributed by atoms with Crippen LogP contribution in [0.15, 0.2) is 60.7 Å². The van der Waals surface area contributed by atoms with Crippen molar-refractivity contribution in [3.63, 3.8) is 0 Å². The van der Waals surface area contributed by atoms with E-state index in [-0.39, 0.29) is 32.6 Å². The van der Waals surface area contributed by atoms with Crippen LogP contribution in [0.5, 0.6) is 0 Å². The lowest BCUT2D eigenvalue weighted by Gasteiger charge is -2.13. The molecule has 11 heteroatoms. The molecule has 1 aliphatic heterocycles. The SMILES string of the molecule is COC(CNC(=O)OCc1ccccc1)OC.O=C(OCc1ccccc1)ON1C(=O)CCC1=O. The van der Waals surface area contributed by atoms with Crippen molar-refractivity contribution in [2.45, 2.75) is 32.3 Å². The predicted molar refractivity (Wildman–Crippen MR) is 121 cm³/mol. The Balaban J connectivity index is 0.000000247. The molecule has 2 aromatic rings. The molecule has 3 amide bonds. The lowest BCUT2D eigenvalue weighted by atomic mass is 10.2. The highest BCUT2D eigenvalue weighted by Crippen LogP contribution is 2.13. The first kappa shape index (κ1) is 27.3. The number of methoxy groups -OCH3 is 2. The lowest BCUT2D eigenvalue weighted by molar-refractivity contribution is -0.177. The third-order valence-corrected chi connectivity index (χ3v) is 4.52. The predicted octanol–water partition coefficient (Wildman–Crippen LogP) is 2.94. The van der Waals surface area contributed by atoms with Gasteiger partial charge in [0.1, 0.15) is 13.2 Å². The molecule has 0 spiro atoms. The maximum Gasteiger partial charge on any atom is 0.534 e. The van der Waals surface area contributed by atoms with E-state index in [1.54, 1.807) is 24.3 Å². The number of carbonyl (C=O) groups is 4. The second-order valence-electron chi connectivity index (χ2n) is 7.04. The van der Waals surface area contributed by atoms with Gasteiger partial charge in [-0.1, -0.05) is 65.7 Å². The normalized spacial score (nSPS) is 12.6. The van der Waals surface area contributed by atoms with Gasteiger partial charge >= 0.3 is 12.2 Å². The highest BCUT2D eigenvalue weighted by molar-refractivity contribution is 6.01. The molecule has 35 heavy (non-hydrogen) atoms. The number of alkyl carbamates (subject to hydrolysis) is 1. The molecule has 0 aromatic heterocycles. The fourth-order valence-electron chi connectivity index (χ4n) is 2.68. The van der Waals surface area contributed by atoms with Crippen LogP contribution in [0.3, 0.4) is 0 Å². The molecule has 11 nitrogen and oxygen atoms in total. The molecule has 0 saturated carbocycles. The monoisotopic (exact) mass is 488 g/mol. The number of rotatable bonds is 9. The molecule has 0 bridgehead atoms. The van der Waals surface area contributed by atoms with Crippen LogP contribution in [-0.4, -0.2) is 56.2 Å². The van der Waals surface area contributed by atoms with Crippen molar-refractivity contribution >= 4 is 24.1 Å². The minimum atomic E-state index is -1.07. The van der Waals surface area contributed by atoms with Crippen molar-refractivity contribution in [3.8, 4) is 0 Å². The van der Waals surface area contributed by atoms with E-state index in [9.17, 15) is 19.2 Å². The highest BCUT2D eigenvalue weighted by Gasteiger charge is 2.33. The number of imide groups is 1. The standard InChI is InChI=1S/C12H11NO5.C12H17NO4/c14-10-6-7-11(15)13(10)18-12(16)17-8-9-4-2-1-3-5-9;1-15-11(16-2)8-13-12(14)17-9-10-6-4-3-5-7-10/h1-5H,6-8H2;3-7,11H,8-9H2,1-2H3,(H,13,14). The van der Waals surface area contributed by atoms with Crippen molar-refractivity contribution in [2.24, 2.45) is 0 Å². The van der Waals surface area contributed by atoms with Crippen LogP contribution in [0.2, 0.25) is 0 Å². The minimum Gasteiger partial charge on any atom is -0.445 e. The minimum absolute atomic E-state index is 0.0237. The van der Waals surface area contributed by atoms with Gasteiger partial charge in [0, 0.05) is 27.1 Å². The fraction of sp³-hybridized carbons (Fsp3) is 0.333. The second kappa shape index (κ2) is 15.0. The Kier molecular flexibility index (Phi) is 11.7. The van der Waals surface area contributed by atoms with Gasteiger partial charge in [0.05, 0.1) is 6.54 Å². The molecule has 1 heterocycles. The van der Waals surface area contributed by atoms with Gasteiger partial charge in [0.15, 0.2) is 6.29 Å². The van der Waals surface area contributed by atoms with Crippen LogP contribution in [0.4, 0.5) is 9.59 Å². The Morgan fingerprint density at radius 1 is 0.829 bits per heavy atom. The summed E-state index contributed by atoms with van der Waals surface area (Å²) in [4.78, 5) is 49.4. The summed E-state index contributed by atoms with van der Waals surface area (Å²) < 4.78 is 19.6. The van der Waals surface area contributed by atoms with Gasteiger partial charge in [0.25, 0.3) is 11.8 Å². The molecule has 2 aromatic carbocycles. The molecule has 1 N–H and O–H groups in total. The Morgan fingerprint density at radius 3 is 1.80 bits per heavy atom. The van der Waals surface area contributed by atoms with Crippen LogP contribution in [0.25, 0.3) is 0 Å². The number of hydrogen-bond donors (Lipinski definition) is 1. The Morgan fingerprint density at radius 2 is 1.31 bits per heavy atom. The van der Waals surface area contributed by atoms with Gasteiger partial charge in [0.2, 0.25) is 0 Å². The van der Waals surface area contributed by atoms with E-state index in [2.05, 4.69) is 10.2 Å². The Hall–Kier alpha value is -3.96. The average molecular weight is 488 g/mol. The van der Waals surface area contributed by atoms with E-state index < -0.39 is 30.4 Å². The number of benzene rings is 2. The number of nitrogens with zero attached hydrogens (tertiary/aromatic N) is 1. The van der Waals surface area contributed by atoms with Crippen molar-refractivity contribution in [1.82, 2.24) is 10.4 Å². The number of ether oxygens (including phenoxy) is 4. The maximum atomic E-state index is 11.3. The van der Waals surface area contributed by atoms with E-state index in [0.29, 0.717) is 5.06 Å². The molecule has 1 fully saturated rings. The smallest absolute Gasteiger partial charge is 0.445 e.